The lowest BCUT2D eigenvalue weighted by Crippen LogP contribution is -2.42. The first kappa shape index (κ1) is 22.8. The number of likely N-dealkylation sites (tertiary alicyclic amines) is 1. The molecule has 1 aliphatic heterocycles. The van der Waals surface area contributed by atoms with E-state index < -0.39 is 11.6 Å². The van der Waals surface area contributed by atoms with E-state index in [0.29, 0.717) is 13.1 Å². The normalized spacial score (nSPS) is 25.1. The highest BCUT2D eigenvalue weighted by Gasteiger charge is 2.48. The molecule has 0 aromatic heterocycles. The lowest BCUT2D eigenvalue weighted by molar-refractivity contribution is -0.156. The third kappa shape index (κ3) is 5.15. The number of amides is 1. The van der Waals surface area contributed by atoms with E-state index in [2.05, 4.69) is 15.9 Å². The summed E-state index contributed by atoms with van der Waals surface area (Å²) in [6.07, 6.45) is 3.89. The summed E-state index contributed by atoms with van der Waals surface area (Å²) in [5, 5.41) is 9.19. The van der Waals surface area contributed by atoms with E-state index in [9.17, 15) is 14.7 Å². The van der Waals surface area contributed by atoms with Gasteiger partial charge in [0.05, 0.1) is 5.60 Å². The van der Waals surface area contributed by atoms with Crippen LogP contribution in [0.15, 0.2) is 59.1 Å². The summed E-state index contributed by atoms with van der Waals surface area (Å²) >= 11 is 3.46. The molecular formula is C25H28BrNO5. The van der Waals surface area contributed by atoms with E-state index in [0.717, 1.165) is 47.7 Å². The van der Waals surface area contributed by atoms with Crippen LogP contribution in [0.25, 0.3) is 0 Å². The predicted octanol–water partition coefficient (Wildman–Crippen LogP) is 5.35. The van der Waals surface area contributed by atoms with Crippen LogP contribution >= 0.6 is 15.9 Å². The molecule has 0 atom stereocenters. The Hall–Kier alpha value is -2.38. The fourth-order valence-corrected chi connectivity index (χ4v) is 5.23. The van der Waals surface area contributed by atoms with Crippen molar-refractivity contribution in [2.45, 2.75) is 44.3 Å². The van der Waals surface area contributed by atoms with Gasteiger partial charge in [-0.3, -0.25) is 0 Å². The molecule has 1 aliphatic carbocycles. The number of benzene rings is 2. The van der Waals surface area contributed by atoms with E-state index in [1.165, 1.54) is 0 Å². The SMILES string of the molecule is O=C(O)COC1(c2ccc(Br)cc2)CCC2(CCN(C(=O)OCc3ccccc3)C2)CC1. The summed E-state index contributed by atoms with van der Waals surface area (Å²) < 4.78 is 12.5. The highest BCUT2D eigenvalue weighted by molar-refractivity contribution is 9.10. The average molecular weight is 502 g/mol. The van der Waals surface area contributed by atoms with Crippen molar-refractivity contribution in [2.75, 3.05) is 19.7 Å². The Kier molecular flexibility index (Phi) is 6.86. The number of hydrogen-bond donors (Lipinski definition) is 1. The second-order valence-corrected chi connectivity index (χ2v) is 9.81. The van der Waals surface area contributed by atoms with Crippen LogP contribution in [-0.4, -0.2) is 41.8 Å². The van der Waals surface area contributed by atoms with E-state index in [4.69, 9.17) is 9.47 Å². The second kappa shape index (κ2) is 9.63. The highest BCUT2D eigenvalue weighted by Crippen LogP contribution is 2.51. The van der Waals surface area contributed by atoms with Gasteiger partial charge in [-0.1, -0.05) is 58.4 Å². The molecule has 2 fully saturated rings. The van der Waals surface area contributed by atoms with Crippen molar-refractivity contribution in [2.24, 2.45) is 5.41 Å². The van der Waals surface area contributed by atoms with Crippen LogP contribution in [-0.2, 0) is 26.5 Å². The molecule has 0 radical (unpaired) electrons. The Balaban J connectivity index is 1.39. The van der Waals surface area contributed by atoms with Crippen molar-refractivity contribution in [3.8, 4) is 0 Å². The Morgan fingerprint density at radius 1 is 0.969 bits per heavy atom. The summed E-state index contributed by atoms with van der Waals surface area (Å²) in [5.74, 6) is -0.963. The van der Waals surface area contributed by atoms with Crippen molar-refractivity contribution in [3.63, 3.8) is 0 Å². The van der Waals surface area contributed by atoms with Gasteiger partial charge in [-0.15, -0.1) is 0 Å². The number of nitrogens with zero attached hydrogens (tertiary/aromatic N) is 1. The number of carbonyl (C=O) groups excluding carboxylic acids is 1. The summed E-state index contributed by atoms with van der Waals surface area (Å²) in [6, 6.07) is 17.6. The van der Waals surface area contributed by atoms with Crippen LogP contribution in [0.1, 0.15) is 43.2 Å². The molecule has 1 spiro atoms. The maximum absolute atomic E-state index is 12.6. The largest absolute Gasteiger partial charge is 0.480 e. The topological polar surface area (TPSA) is 76.1 Å². The lowest BCUT2D eigenvalue weighted by atomic mass is 9.66. The Labute approximate surface area is 196 Å². The molecule has 2 aromatic carbocycles. The molecule has 2 aromatic rings. The highest BCUT2D eigenvalue weighted by atomic mass is 79.9. The number of carboxylic acid groups (broad SMARTS) is 1. The monoisotopic (exact) mass is 501 g/mol. The van der Waals surface area contributed by atoms with Crippen molar-refractivity contribution in [1.29, 1.82) is 0 Å². The summed E-state index contributed by atoms with van der Waals surface area (Å²) in [5.41, 5.74) is 1.42. The first-order chi connectivity index (χ1) is 15.4. The summed E-state index contributed by atoms with van der Waals surface area (Å²) in [4.78, 5) is 25.6. The fourth-order valence-electron chi connectivity index (χ4n) is 4.96. The van der Waals surface area contributed by atoms with E-state index in [1.807, 2.05) is 59.5 Å². The van der Waals surface area contributed by atoms with E-state index in [1.54, 1.807) is 0 Å². The van der Waals surface area contributed by atoms with Crippen molar-refractivity contribution < 1.29 is 24.2 Å². The molecular weight excluding hydrogens is 474 g/mol. The molecule has 1 amide bonds. The molecule has 32 heavy (non-hydrogen) atoms. The first-order valence-electron chi connectivity index (χ1n) is 11.0. The predicted molar refractivity (Wildman–Crippen MR) is 123 cm³/mol. The molecule has 2 aliphatic rings. The summed E-state index contributed by atoms with van der Waals surface area (Å²) in [6.45, 7) is 1.32. The van der Waals surface area contributed by atoms with Crippen LogP contribution in [0.5, 0.6) is 0 Å². The number of rotatable bonds is 6. The van der Waals surface area contributed by atoms with Crippen LogP contribution in [0.4, 0.5) is 4.79 Å². The van der Waals surface area contributed by atoms with Gasteiger partial charge < -0.3 is 19.5 Å². The minimum atomic E-state index is -0.963. The fraction of sp³-hybridized carbons (Fsp3) is 0.440. The van der Waals surface area contributed by atoms with Gasteiger partial charge in [-0.2, -0.15) is 0 Å². The minimum absolute atomic E-state index is 0.0389. The zero-order valence-corrected chi connectivity index (χ0v) is 19.6. The quantitative estimate of drug-likeness (QED) is 0.577. The maximum Gasteiger partial charge on any atom is 0.410 e. The zero-order chi connectivity index (χ0) is 22.6. The van der Waals surface area contributed by atoms with Crippen LogP contribution in [0.2, 0.25) is 0 Å². The molecule has 1 saturated carbocycles. The van der Waals surface area contributed by atoms with Gasteiger partial charge in [0.15, 0.2) is 0 Å². The molecule has 0 unspecified atom stereocenters. The Bertz CT molecular complexity index is 939. The van der Waals surface area contributed by atoms with Crippen LogP contribution in [0, 0.1) is 5.41 Å². The van der Waals surface area contributed by atoms with Gasteiger partial charge in [-0.25, -0.2) is 9.59 Å². The molecule has 7 heteroatoms. The molecule has 1 N–H and O–H groups in total. The smallest absolute Gasteiger partial charge is 0.410 e. The van der Waals surface area contributed by atoms with Crippen molar-refractivity contribution >= 4 is 28.0 Å². The van der Waals surface area contributed by atoms with E-state index in [-0.39, 0.29) is 24.7 Å². The molecule has 170 valence electrons. The number of carboxylic acids is 1. The standard InChI is InChI=1S/C25H28BrNO5/c26-21-8-6-20(7-9-21)25(32-17-22(28)29)12-10-24(11-13-25)14-15-27(18-24)23(30)31-16-19-4-2-1-3-5-19/h1-9H,10-18H2,(H,28,29). The zero-order valence-electron chi connectivity index (χ0n) is 18.0. The Morgan fingerprint density at radius 2 is 1.66 bits per heavy atom. The molecule has 6 nitrogen and oxygen atoms in total. The van der Waals surface area contributed by atoms with Gasteiger partial charge >= 0.3 is 12.1 Å². The number of aliphatic carboxylic acids is 1. The third-order valence-corrected chi connectivity index (χ3v) is 7.39. The van der Waals surface area contributed by atoms with Gasteiger partial charge in [0, 0.05) is 17.6 Å². The summed E-state index contributed by atoms with van der Waals surface area (Å²) in [7, 11) is 0. The first-order valence-corrected chi connectivity index (χ1v) is 11.8. The maximum atomic E-state index is 12.6. The number of carbonyl (C=O) groups is 2. The van der Waals surface area contributed by atoms with Gasteiger partial charge in [0.25, 0.3) is 0 Å². The average Bonchev–Trinajstić information content (AvgIpc) is 3.23. The second-order valence-electron chi connectivity index (χ2n) is 8.90. The third-order valence-electron chi connectivity index (χ3n) is 6.86. The number of hydrogen-bond acceptors (Lipinski definition) is 4. The van der Waals surface area contributed by atoms with Crippen molar-refractivity contribution in [3.05, 3.63) is 70.2 Å². The lowest BCUT2D eigenvalue weighted by Gasteiger charge is -2.44. The van der Waals surface area contributed by atoms with Gasteiger partial charge in [0.2, 0.25) is 0 Å². The molecule has 0 bridgehead atoms. The molecule has 1 saturated heterocycles. The molecule has 1 heterocycles. The van der Waals surface area contributed by atoms with Gasteiger partial charge in [-0.05, 0) is 60.8 Å². The van der Waals surface area contributed by atoms with Crippen molar-refractivity contribution in [1.82, 2.24) is 4.90 Å². The minimum Gasteiger partial charge on any atom is -0.480 e. The van der Waals surface area contributed by atoms with Gasteiger partial charge in [0.1, 0.15) is 13.2 Å². The molecule has 4 rings (SSSR count). The number of halogens is 1. The van der Waals surface area contributed by atoms with E-state index >= 15 is 0 Å². The van der Waals surface area contributed by atoms with Crippen LogP contribution in [0.3, 0.4) is 0 Å². The van der Waals surface area contributed by atoms with Crippen LogP contribution < -0.4 is 0 Å². The Morgan fingerprint density at radius 3 is 2.31 bits per heavy atom. The number of ether oxygens (including phenoxy) is 2.